The van der Waals surface area contributed by atoms with Crippen LogP contribution in [0.5, 0.6) is 5.75 Å². The van der Waals surface area contributed by atoms with Gasteiger partial charge in [0.15, 0.2) is 0 Å². The summed E-state index contributed by atoms with van der Waals surface area (Å²) in [4.78, 5) is 14.4. The highest BCUT2D eigenvalue weighted by Crippen LogP contribution is 2.13. The van der Waals surface area contributed by atoms with Crippen molar-refractivity contribution < 1.29 is 14.3 Å². The first-order chi connectivity index (χ1) is 15.7. The van der Waals surface area contributed by atoms with E-state index in [4.69, 9.17) is 9.47 Å². The second-order valence-electron chi connectivity index (χ2n) is 8.13. The number of nitrogens with zero attached hydrogens (tertiary/aromatic N) is 1. The van der Waals surface area contributed by atoms with Gasteiger partial charge in [0.25, 0.3) is 0 Å². The third-order valence-electron chi connectivity index (χ3n) is 5.36. The van der Waals surface area contributed by atoms with Crippen molar-refractivity contribution in [1.82, 2.24) is 10.2 Å². The molecule has 0 aliphatic carbocycles. The van der Waals surface area contributed by atoms with E-state index in [2.05, 4.69) is 36.2 Å². The fraction of sp³-hybridized carbons (Fsp3) is 0.519. The third kappa shape index (κ3) is 11.2. The number of benzene rings is 2. The summed E-state index contributed by atoms with van der Waals surface area (Å²) < 4.78 is 11.1. The molecule has 0 atom stereocenters. The van der Waals surface area contributed by atoms with Crippen LogP contribution >= 0.6 is 0 Å². The average molecular weight is 441 g/mol. The molecule has 2 rings (SSSR count). The van der Waals surface area contributed by atoms with E-state index in [1.54, 1.807) is 0 Å². The zero-order valence-electron chi connectivity index (χ0n) is 19.9. The number of ether oxygens (including phenoxy) is 2. The van der Waals surface area contributed by atoms with Crippen molar-refractivity contribution in [3.05, 3.63) is 65.7 Å². The molecule has 2 aromatic rings. The van der Waals surface area contributed by atoms with Crippen LogP contribution in [0.3, 0.4) is 0 Å². The van der Waals surface area contributed by atoms with Crippen molar-refractivity contribution in [3.8, 4) is 5.75 Å². The van der Waals surface area contributed by atoms with E-state index in [9.17, 15) is 4.79 Å². The minimum atomic E-state index is -0.388. The van der Waals surface area contributed by atoms with E-state index in [0.29, 0.717) is 6.54 Å². The lowest BCUT2D eigenvalue weighted by atomic mass is 10.1. The monoisotopic (exact) mass is 440 g/mol. The molecule has 0 saturated heterocycles. The van der Waals surface area contributed by atoms with Crippen molar-refractivity contribution in [2.45, 2.75) is 59.0 Å². The predicted molar refractivity (Wildman–Crippen MR) is 131 cm³/mol. The van der Waals surface area contributed by atoms with E-state index in [-0.39, 0.29) is 12.7 Å². The van der Waals surface area contributed by atoms with Crippen LogP contribution in [-0.2, 0) is 17.8 Å². The maximum atomic E-state index is 11.8. The van der Waals surface area contributed by atoms with E-state index < -0.39 is 0 Å². The third-order valence-corrected chi connectivity index (χ3v) is 5.36. The maximum absolute atomic E-state index is 11.8. The van der Waals surface area contributed by atoms with Gasteiger partial charge >= 0.3 is 6.09 Å². The largest absolute Gasteiger partial charge is 0.494 e. The molecule has 1 amide bonds. The van der Waals surface area contributed by atoms with E-state index in [1.165, 1.54) is 38.8 Å². The molecule has 0 aromatic heterocycles. The van der Waals surface area contributed by atoms with Gasteiger partial charge in [-0.3, -0.25) is 0 Å². The van der Waals surface area contributed by atoms with Crippen LogP contribution in [0.1, 0.15) is 57.1 Å². The smallest absolute Gasteiger partial charge is 0.407 e. The number of unbranched alkanes of at least 4 members (excludes halogenated alkanes) is 2. The maximum Gasteiger partial charge on any atom is 0.407 e. The lowest BCUT2D eigenvalue weighted by Crippen LogP contribution is -2.28. The van der Waals surface area contributed by atoms with E-state index in [1.807, 2.05) is 42.5 Å². The quantitative estimate of drug-likeness (QED) is 0.334. The second kappa shape index (κ2) is 16.2. The molecule has 2 aromatic carbocycles. The van der Waals surface area contributed by atoms with Crippen LogP contribution in [0, 0.1) is 0 Å². The van der Waals surface area contributed by atoms with Gasteiger partial charge in [-0.2, -0.15) is 0 Å². The molecule has 0 bridgehead atoms. The molecule has 176 valence electrons. The van der Waals surface area contributed by atoms with Gasteiger partial charge in [-0.15, -0.1) is 0 Å². The summed E-state index contributed by atoms with van der Waals surface area (Å²) in [7, 11) is 0. The first-order valence-electron chi connectivity index (χ1n) is 12.1. The summed E-state index contributed by atoms with van der Waals surface area (Å²) >= 11 is 0. The Balaban J connectivity index is 1.59. The summed E-state index contributed by atoms with van der Waals surface area (Å²) in [6, 6.07) is 17.8. The Labute approximate surface area is 194 Å². The Morgan fingerprint density at radius 3 is 2.16 bits per heavy atom. The fourth-order valence-electron chi connectivity index (χ4n) is 3.41. The number of carbonyl (C=O) groups is 1. The van der Waals surface area contributed by atoms with Crippen LogP contribution in [0.25, 0.3) is 0 Å². The first kappa shape index (κ1) is 25.7. The summed E-state index contributed by atoms with van der Waals surface area (Å²) in [5.41, 5.74) is 2.14. The highest BCUT2D eigenvalue weighted by molar-refractivity contribution is 5.67. The molecule has 0 aliphatic rings. The molecule has 0 saturated carbocycles. The van der Waals surface area contributed by atoms with Crippen LogP contribution in [0.4, 0.5) is 4.79 Å². The molecule has 0 heterocycles. The van der Waals surface area contributed by atoms with Crippen LogP contribution in [-0.4, -0.2) is 43.8 Å². The number of carbonyl (C=O) groups excluding carboxylic acids is 1. The zero-order valence-corrected chi connectivity index (χ0v) is 19.9. The van der Waals surface area contributed by atoms with Crippen molar-refractivity contribution in [3.63, 3.8) is 0 Å². The topological polar surface area (TPSA) is 50.8 Å². The standard InChI is InChI=1S/C27H40N2O3/c1-3-5-19-29(20-6-4-2)21-10-22-31-26-15-13-24(14-16-26)17-18-28-27(30)32-23-25-11-8-7-9-12-25/h7-9,11-16H,3-6,10,17-23H2,1-2H3,(H,28,30). The van der Waals surface area contributed by atoms with Gasteiger partial charge < -0.3 is 19.7 Å². The normalized spacial score (nSPS) is 10.8. The Kier molecular flexibility index (Phi) is 13.0. The zero-order chi connectivity index (χ0) is 22.9. The minimum Gasteiger partial charge on any atom is -0.494 e. The molecule has 32 heavy (non-hydrogen) atoms. The van der Waals surface area contributed by atoms with Crippen LogP contribution in [0.15, 0.2) is 54.6 Å². The molecular formula is C27H40N2O3. The minimum absolute atomic E-state index is 0.285. The number of hydrogen-bond acceptors (Lipinski definition) is 4. The molecule has 0 aliphatic heterocycles. The highest BCUT2D eigenvalue weighted by Gasteiger charge is 2.05. The molecule has 5 heteroatoms. The fourth-order valence-corrected chi connectivity index (χ4v) is 3.41. The Morgan fingerprint density at radius 2 is 1.50 bits per heavy atom. The first-order valence-corrected chi connectivity index (χ1v) is 12.1. The Bertz CT molecular complexity index is 726. The van der Waals surface area contributed by atoms with Gasteiger partial charge in [0.05, 0.1) is 6.61 Å². The summed E-state index contributed by atoms with van der Waals surface area (Å²) in [5.74, 6) is 0.901. The Hall–Kier alpha value is -2.53. The molecule has 5 nitrogen and oxygen atoms in total. The lowest BCUT2D eigenvalue weighted by Gasteiger charge is -2.21. The average Bonchev–Trinajstić information content (AvgIpc) is 2.83. The van der Waals surface area contributed by atoms with E-state index >= 15 is 0 Å². The number of hydrogen-bond donors (Lipinski definition) is 1. The molecule has 0 radical (unpaired) electrons. The van der Waals surface area contributed by atoms with E-state index in [0.717, 1.165) is 42.9 Å². The van der Waals surface area contributed by atoms with Crippen molar-refractivity contribution in [2.24, 2.45) is 0 Å². The highest BCUT2D eigenvalue weighted by atomic mass is 16.5. The van der Waals surface area contributed by atoms with Gasteiger partial charge in [-0.1, -0.05) is 69.2 Å². The summed E-state index contributed by atoms with van der Waals surface area (Å²) in [6.07, 6.45) is 6.44. The lowest BCUT2D eigenvalue weighted by molar-refractivity contribution is 0.140. The van der Waals surface area contributed by atoms with Crippen molar-refractivity contribution in [1.29, 1.82) is 0 Å². The molecule has 0 fully saturated rings. The van der Waals surface area contributed by atoms with Gasteiger partial charge in [-0.25, -0.2) is 4.79 Å². The molecule has 1 N–H and O–H groups in total. The molecule has 0 unspecified atom stereocenters. The van der Waals surface area contributed by atoms with Crippen LogP contribution in [0.2, 0.25) is 0 Å². The van der Waals surface area contributed by atoms with Gasteiger partial charge in [0.2, 0.25) is 0 Å². The Morgan fingerprint density at radius 1 is 0.844 bits per heavy atom. The molecular weight excluding hydrogens is 400 g/mol. The number of nitrogens with one attached hydrogen (secondary N) is 1. The molecule has 0 spiro atoms. The van der Waals surface area contributed by atoms with Crippen LogP contribution < -0.4 is 10.1 Å². The van der Waals surface area contributed by atoms with Gasteiger partial charge in [0, 0.05) is 13.1 Å². The van der Waals surface area contributed by atoms with Crippen molar-refractivity contribution in [2.75, 3.05) is 32.8 Å². The van der Waals surface area contributed by atoms with Crippen molar-refractivity contribution >= 4 is 6.09 Å². The summed E-state index contributed by atoms with van der Waals surface area (Å²) in [6.45, 7) is 9.55. The predicted octanol–water partition coefficient (Wildman–Crippen LogP) is 5.83. The van der Waals surface area contributed by atoms with Gasteiger partial charge in [0.1, 0.15) is 12.4 Å². The number of rotatable bonds is 16. The number of amides is 1. The van der Waals surface area contributed by atoms with Gasteiger partial charge in [-0.05, 0) is 62.0 Å². The SMILES string of the molecule is CCCCN(CCCC)CCCOc1ccc(CCNC(=O)OCc2ccccc2)cc1. The second-order valence-corrected chi connectivity index (χ2v) is 8.13. The number of alkyl carbamates (subject to hydrolysis) is 1. The summed E-state index contributed by atoms with van der Waals surface area (Å²) in [5, 5.41) is 2.80.